The maximum atomic E-state index is 5.97. The third kappa shape index (κ3) is 2.98. The monoisotopic (exact) mass is 224 g/mol. The zero-order valence-electron chi connectivity index (χ0n) is 11.0. The summed E-state index contributed by atoms with van der Waals surface area (Å²) in [6, 6.07) is 1.29. The van der Waals surface area contributed by atoms with Gasteiger partial charge in [-0.05, 0) is 63.8 Å². The van der Waals surface area contributed by atoms with Crippen molar-refractivity contribution in [2.75, 3.05) is 13.1 Å². The van der Waals surface area contributed by atoms with Crippen LogP contribution in [0.15, 0.2) is 0 Å². The van der Waals surface area contributed by atoms with Gasteiger partial charge >= 0.3 is 0 Å². The molecular formula is C14H28N2. The molecule has 2 unspecified atom stereocenters. The molecule has 2 aliphatic rings. The summed E-state index contributed by atoms with van der Waals surface area (Å²) < 4.78 is 0. The average molecular weight is 224 g/mol. The molecule has 0 aromatic rings. The van der Waals surface area contributed by atoms with Crippen molar-refractivity contribution >= 4 is 0 Å². The van der Waals surface area contributed by atoms with Crippen LogP contribution >= 0.6 is 0 Å². The molecule has 0 amide bonds. The van der Waals surface area contributed by atoms with E-state index in [2.05, 4.69) is 18.7 Å². The fourth-order valence-corrected chi connectivity index (χ4v) is 3.38. The van der Waals surface area contributed by atoms with Crippen molar-refractivity contribution < 1.29 is 0 Å². The maximum Gasteiger partial charge on any atom is 0.00926 e. The second-order valence-electron chi connectivity index (χ2n) is 6.14. The topological polar surface area (TPSA) is 29.3 Å². The molecule has 2 rings (SSSR count). The van der Waals surface area contributed by atoms with E-state index in [4.69, 9.17) is 5.73 Å². The van der Waals surface area contributed by atoms with Crippen molar-refractivity contribution in [2.45, 2.75) is 64.5 Å². The normalized spacial score (nSPS) is 42.2. The van der Waals surface area contributed by atoms with Gasteiger partial charge in [-0.1, -0.05) is 6.92 Å². The first-order valence-electron chi connectivity index (χ1n) is 7.16. The van der Waals surface area contributed by atoms with E-state index < -0.39 is 0 Å². The Kier molecular flexibility index (Phi) is 4.26. The van der Waals surface area contributed by atoms with Gasteiger partial charge in [0.25, 0.3) is 0 Å². The first-order valence-corrected chi connectivity index (χ1v) is 7.16. The summed E-state index contributed by atoms with van der Waals surface area (Å²) in [5, 5.41) is 0. The summed E-state index contributed by atoms with van der Waals surface area (Å²) in [6.07, 6.45) is 8.05. The first kappa shape index (κ1) is 12.4. The molecule has 2 N–H and O–H groups in total. The van der Waals surface area contributed by atoms with Crippen LogP contribution < -0.4 is 5.73 Å². The first-order chi connectivity index (χ1) is 7.66. The van der Waals surface area contributed by atoms with Gasteiger partial charge in [0.1, 0.15) is 0 Å². The van der Waals surface area contributed by atoms with Gasteiger partial charge in [-0.25, -0.2) is 0 Å². The summed E-state index contributed by atoms with van der Waals surface area (Å²) >= 11 is 0. The van der Waals surface area contributed by atoms with E-state index in [0.717, 1.165) is 17.9 Å². The third-order valence-electron chi connectivity index (χ3n) is 4.89. The van der Waals surface area contributed by atoms with Crippen molar-refractivity contribution in [3.63, 3.8) is 0 Å². The van der Waals surface area contributed by atoms with Crippen LogP contribution in [0.5, 0.6) is 0 Å². The lowest BCUT2D eigenvalue weighted by atomic mass is 9.84. The minimum atomic E-state index is 0.494. The number of likely N-dealkylation sites (tertiary alicyclic amines) is 1. The van der Waals surface area contributed by atoms with Crippen molar-refractivity contribution in [3.05, 3.63) is 0 Å². The quantitative estimate of drug-likeness (QED) is 0.781. The molecule has 1 saturated carbocycles. The fourth-order valence-electron chi connectivity index (χ4n) is 3.38. The Balaban J connectivity index is 1.80. The van der Waals surface area contributed by atoms with Crippen LogP contribution in [0, 0.1) is 11.8 Å². The highest BCUT2D eigenvalue weighted by Gasteiger charge is 2.27. The van der Waals surface area contributed by atoms with Gasteiger partial charge in [0.2, 0.25) is 0 Å². The van der Waals surface area contributed by atoms with Gasteiger partial charge in [-0.2, -0.15) is 0 Å². The smallest absolute Gasteiger partial charge is 0.00926 e. The molecule has 94 valence electrons. The molecule has 0 aromatic heterocycles. The van der Waals surface area contributed by atoms with Gasteiger partial charge in [0.15, 0.2) is 0 Å². The second kappa shape index (κ2) is 5.50. The van der Waals surface area contributed by atoms with Crippen molar-refractivity contribution in [1.82, 2.24) is 4.90 Å². The van der Waals surface area contributed by atoms with Crippen LogP contribution in [-0.2, 0) is 0 Å². The Morgan fingerprint density at radius 2 is 1.75 bits per heavy atom. The predicted molar refractivity (Wildman–Crippen MR) is 69.4 cm³/mol. The standard InChI is InChI=1S/C14H28N2/c1-11-4-3-9-16(12(11)2)10-13-5-7-14(15)8-6-13/h11-14H,3-10,15H2,1-2H3. The minimum Gasteiger partial charge on any atom is -0.328 e. The maximum absolute atomic E-state index is 5.97. The molecule has 0 bridgehead atoms. The molecule has 2 fully saturated rings. The van der Waals surface area contributed by atoms with Crippen molar-refractivity contribution in [3.8, 4) is 0 Å². The van der Waals surface area contributed by atoms with E-state index in [0.29, 0.717) is 6.04 Å². The van der Waals surface area contributed by atoms with Crippen molar-refractivity contribution in [2.24, 2.45) is 17.6 Å². The Hall–Kier alpha value is -0.0800. The number of nitrogens with two attached hydrogens (primary N) is 1. The zero-order chi connectivity index (χ0) is 11.5. The lowest BCUT2D eigenvalue weighted by Gasteiger charge is -2.41. The lowest BCUT2D eigenvalue weighted by Crippen LogP contribution is -2.45. The highest BCUT2D eigenvalue weighted by atomic mass is 15.2. The van der Waals surface area contributed by atoms with E-state index in [-0.39, 0.29) is 0 Å². The average Bonchev–Trinajstić information content (AvgIpc) is 2.28. The fraction of sp³-hybridized carbons (Fsp3) is 1.00. The molecule has 16 heavy (non-hydrogen) atoms. The number of piperidine rings is 1. The summed E-state index contributed by atoms with van der Waals surface area (Å²) in [7, 11) is 0. The number of hydrogen-bond donors (Lipinski definition) is 1. The SMILES string of the molecule is CC1CCCN(CC2CCC(N)CC2)C1C. The van der Waals surface area contributed by atoms with Crippen LogP contribution in [0.3, 0.4) is 0 Å². The number of hydrogen-bond acceptors (Lipinski definition) is 2. The molecule has 1 aliphatic carbocycles. The molecule has 2 atom stereocenters. The van der Waals surface area contributed by atoms with E-state index in [1.54, 1.807) is 0 Å². The molecule has 1 heterocycles. The van der Waals surface area contributed by atoms with Crippen LogP contribution in [0.25, 0.3) is 0 Å². The van der Waals surface area contributed by atoms with E-state index >= 15 is 0 Å². The summed E-state index contributed by atoms with van der Waals surface area (Å²) in [6.45, 7) is 7.48. The lowest BCUT2D eigenvalue weighted by molar-refractivity contribution is 0.0853. The molecule has 0 radical (unpaired) electrons. The van der Waals surface area contributed by atoms with Crippen LogP contribution in [-0.4, -0.2) is 30.1 Å². The molecule has 2 heteroatoms. The van der Waals surface area contributed by atoms with Gasteiger partial charge in [-0.15, -0.1) is 0 Å². The van der Waals surface area contributed by atoms with E-state index in [9.17, 15) is 0 Å². The molecule has 1 aliphatic heterocycles. The molecule has 0 spiro atoms. The Morgan fingerprint density at radius 1 is 1.06 bits per heavy atom. The van der Waals surface area contributed by atoms with Gasteiger partial charge in [0, 0.05) is 18.6 Å². The van der Waals surface area contributed by atoms with Gasteiger partial charge in [-0.3, -0.25) is 0 Å². The van der Waals surface area contributed by atoms with Gasteiger partial charge in [0.05, 0.1) is 0 Å². The highest BCUT2D eigenvalue weighted by Crippen LogP contribution is 2.28. The number of rotatable bonds is 2. The Bertz CT molecular complexity index is 209. The van der Waals surface area contributed by atoms with Crippen LogP contribution in [0.4, 0.5) is 0 Å². The zero-order valence-corrected chi connectivity index (χ0v) is 11.0. The second-order valence-corrected chi connectivity index (χ2v) is 6.14. The largest absolute Gasteiger partial charge is 0.328 e. The van der Waals surface area contributed by atoms with E-state index in [1.807, 2.05) is 0 Å². The summed E-state index contributed by atoms with van der Waals surface area (Å²) in [4.78, 5) is 2.73. The number of nitrogens with zero attached hydrogens (tertiary/aromatic N) is 1. The molecule has 2 nitrogen and oxygen atoms in total. The molecular weight excluding hydrogens is 196 g/mol. The van der Waals surface area contributed by atoms with Crippen LogP contribution in [0.2, 0.25) is 0 Å². The Labute approximate surface area is 101 Å². The Morgan fingerprint density at radius 3 is 2.44 bits per heavy atom. The van der Waals surface area contributed by atoms with Crippen molar-refractivity contribution in [1.29, 1.82) is 0 Å². The third-order valence-corrected chi connectivity index (χ3v) is 4.89. The summed E-state index contributed by atoms with van der Waals surface area (Å²) in [5.74, 6) is 1.81. The van der Waals surface area contributed by atoms with E-state index in [1.165, 1.54) is 51.6 Å². The highest BCUT2D eigenvalue weighted by molar-refractivity contribution is 4.82. The van der Waals surface area contributed by atoms with Crippen LogP contribution in [0.1, 0.15) is 52.4 Å². The van der Waals surface area contributed by atoms with Gasteiger partial charge < -0.3 is 10.6 Å². The summed E-state index contributed by atoms with van der Waals surface area (Å²) in [5.41, 5.74) is 5.97. The molecule has 1 saturated heterocycles. The predicted octanol–water partition coefficient (Wildman–Crippen LogP) is 2.62. The minimum absolute atomic E-state index is 0.494. The molecule has 0 aromatic carbocycles.